The van der Waals surface area contributed by atoms with Crippen molar-refractivity contribution in [2.75, 3.05) is 0 Å². The normalized spacial score (nSPS) is 12.8. The van der Waals surface area contributed by atoms with Crippen molar-refractivity contribution in [2.45, 2.75) is 52.4 Å². The topological polar surface area (TPSA) is 33.4 Å². The molecule has 2 aromatic carbocycles. The van der Waals surface area contributed by atoms with Gasteiger partial charge < -0.3 is 9.52 Å². The molecule has 3 rings (SSSR count). The highest BCUT2D eigenvalue weighted by molar-refractivity contribution is 5.96. The van der Waals surface area contributed by atoms with Crippen LogP contribution in [-0.2, 0) is 10.8 Å². The summed E-state index contributed by atoms with van der Waals surface area (Å²) < 4.78 is 5.74. The zero-order chi connectivity index (χ0) is 17.7. The Balaban J connectivity index is 2.23. The highest BCUT2D eigenvalue weighted by Gasteiger charge is 2.20. The van der Waals surface area contributed by atoms with E-state index in [0.29, 0.717) is 0 Å². The smallest absolute Gasteiger partial charge is 0.134 e. The SMILES string of the molecule is CC(C)(C)c1ccc(O)c(-c2coc3ccc(C(C)(C)C)cc23)c1. The van der Waals surface area contributed by atoms with E-state index in [1.807, 2.05) is 12.1 Å². The van der Waals surface area contributed by atoms with Crippen molar-refractivity contribution >= 4 is 11.0 Å². The zero-order valence-electron chi connectivity index (χ0n) is 15.4. The maximum Gasteiger partial charge on any atom is 0.134 e. The first-order chi connectivity index (χ1) is 11.1. The molecule has 126 valence electrons. The molecule has 0 aliphatic carbocycles. The van der Waals surface area contributed by atoms with Crippen molar-refractivity contribution in [1.82, 2.24) is 0 Å². The Labute approximate surface area is 144 Å². The summed E-state index contributed by atoms with van der Waals surface area (Å²) in [4.78, 5) is 0. The summed E-state index contributed by atoms with van der Waals surface area (Å²) >= 11 is 0. The van der Waals surface area contributed by atoms with Crippen molar-refractivity contribution in [1.29, 1.82) is 0 Å². The quantitative estimate of drug-likeness (QED) is 0.562. The van der Waals surface area contributed by atoms with Crippen molar-refractivity contribution in [3.8, 4) is 16.9 Å². The van der Waals surface area contributed by atoms with Gasteiger partial charge in [-0.1, -0.05) is 53.7 Å². The van der Waals surface area contributed by atoms with E-state index in [1.54, 1.807) is 12.3 Å². The summed E-state index contributed by atoms with van der Waals surface area (Å²) in [7, 11) is 0. The Morgan fingerprint density at radius 1 is 0.750 bits per heavy atom. The van der Waals surface area contributed by atoms with E-state index in [0.717, 1.165) is 22.1 Å². The molecule has 1 aromatic heterocycles. The lowest BCUT2D eigenvalue weighted by atomic mass is 9.84. The number of furan rings is 1. The van der Waals surface area contributed by atoms with Crippen molar-refractivity contribution < 1.29 is 9.52 Å². The summed E-state index contributed by atoms with van der Waals surface area (Å²) in [6.45, 7) is 13.1. The molecule has 0 atom stereocenters. The molecular weight excluding hydrogens is 296 g/mol. The Bertz CT molecular complexity index is 886. The van der Waals surface area contributed by atoms with Gasteiger partial charge in [-0.2, -0.15) is 0 Å². The number of rotatable bonds is 1. The van der Waals surface area contributed by atoms with E-state index >= 15 is 0 Å². The predicted octanol–water partition coefficient (Wildman–Crippen LogP) is 6.40. The average Bonchev–Trinajstić information content (AvgIpc) is 2.88. The fraction of sp³-hybridized carbons (Fsp3) is 0.364. The molecule has 0 unspecified atom stereocenters. The van der Waals surface area contributed by atoms with Gasteiger partial charge in [-0.3, -0.25) is 0 Å². The number of hydrogen-bond acceptors (Lipinski definition) is 2. The molecule has 0 fully saturated rings. The minimum Gasteiger partial charge on any atom is -0.507 e. The molecule has 0 spiro atoms. The van der Waals surface area contributed by atoms with E-state index < -0.39 is 0 Å². The highest BCUT2D eigenvalue weighted by Crippen LogP contribution is 2.39. The summed E-state index contributed by atoms with van der Waals surface area (Å²) in [6, 6.07) is 12.1. The average molecular weight is 322 g/mol. The van der Waals surface area contributed by atoms with Gasteiger partial charge in [0.25, 0.3) is 0 Å². The molecule has 0 bridgehead atoms. The third-order valence-corrected chi connectivity index (χ3v) is 4.59. The van der Waals surface area contributed by atoms with Crippen LogP contribution in [0.4, 0.5) is 0 Å². The third kappa shape index (κ3) is 2.93. The van der Waals surface area contributed by atoms with Crippen LogP contribution >= 0.6 is 0 Å². The number of fused-ring (bicyclic) bond motifs is 1. The van der Waals surface area contributed by atoms with Crippen LogP contribution in [0.25, 0.3) is 22.1 Å². The minimum atomic E-state index is 0.0263. The van der Waals surface area contributed by atoms with Crippen molar-refractivity contribution in [3.63, 3.8) is 0 Å². The predicted molar refractivity (Wildman–Crippen MR) is 101 cm³/mol. The van der Waals surface area contributed by atoms with Crippen molar-refractivity contribution in [3.05, 3.63) is 53.8 Å². The Morgan fingerprint density at radius 3 is 1.96 bits per heavy atom. The van der Waals surface area contributed by atoms with E-state index in [4.69, 9.17) is 4.42 Å². The maximum absolute atomic E-state index is 10.4. The van der Waals surface area contributed by atoms with Crippen LogP contribution in [-0.4, -0.2) is 5.11 Å². The third-order valence-electron chi connectivity index (χ3n) is 4.59. The molecule has 0 radical (unpaired) electrons. The van der Waals surface area contributed by atoms with Crippen LogP contribution in [0.2, 0.25) is 0 Å². The minimum absolute atomic E-state index is 0.0263. The first-order valence-electron chi connectivity index (χ1n) is 8.43. The molecule has 0 amide bonds. The summed E-state index contributed by atoms with van der Waals surface area (Å²) in [5.41, 5.74) is 5.16. The fourth-order valence-corrected chi connectivity index (χ4v) is 2.92. The number of phenolic OH excluding ortho intramolecular Hbond substituents is 1. The second-order valence-corrected chi connectivity index (χ2v) is 8.59. The first-order valence-corrected chi connectivity index (χ1v) is 8.43. The van der Waals surface area contributed by atoms with Crippen LogP contribution in [0.5, 0.6) is 5.75 Å². The molecule has 0 aliphatic heterocycles. The Kier molecular flexibility index (Phi) is 3.75. The van der Waals surface area contributed by atoms with Gasteiger partial charge in [0, 0.05) is 16.5 Å². The Hall–Kier alpha value is -2.22. The lowest BCUT2D eigenvalue weighted by molar-refractivity contribution is 0.476. The molecule has 0 saturated carbocycles. The largest absolute Gasteiger partial charge is 0.507 e. The second kappa shape index (κ2) is 5.41. The summed E-state index contributed by atoms with van der Waals surface area (Å²) in [5.74, 6) is 0.284. The molecule has 1 N–H and O–H groups in total. The van der Waals surface area contributed by atoms with Crippen LogP contribution in [0.3, 0.4) is 0 Å². The monoisotopic (exact) mass is 322 g/mol. The number of aromatic hydroxyl groups is 1. The number of benzene rings is 2. The second-order valence-electron chi connectivity index (χ2n) is 8.59. The van der Waals surface area contributed by atoms with Gasteiger partial charge in [-0.15, -0.1) is 0 Å². The van der Waals surface area contributed by atoms with Gasteiger partial charge in [0.15, 0.2) is 0 Å². The molecule has 2 heteroatoms. The molecule has 0 aliphatic rings. The first kappa shape index (κ1) is 16.6. The van der Waals surface area contributed by atoms with Crippen LogP contribution in [0, 0.1) is 0 Å². The molecule has 0 saturated heterocycles. The van der Waals surface area contributed by atoms with Gasteiger partial charge in [0.05, 0.1) is 6.26 Å². The summed E-state index contributed by atoms with van der Waals surface area (Å²) in [5, 5.41) is 11.5. The molecular formula is C22H26O2. The van der Waals surface area contributed by atoms with Crippen LogP contribution < -0.4 is 0 Å². The molecule has 3 aromatic rings. The lowest BCUT2D eigenvalue weighted by Gasteiger charge is -2.20. The molecule has 2 nitrogen and oxygen atoms in total. The van der Waals surface area contributed by atoms with Gasteiger partial charge in [0.2, 0.25) is 0 Å². The van der Waals surface area contributed by atoms with Gasteiger partial charge >= 0.3 is 0 Å². The van der Waals surface area contributed by atoms with Crippen molar-refractivity contribution in [2.24, 2.45) is 0 Å². The fourth-order valence-electron chi connectivity index (χ4n) is 2.92. The Morgan fingerprint density at radius 2 is 1.33 bits per heavy atom. The molecule has 1 heterocycles. The standard InChI is InChI=1S/C22H26O2/c1-21(2,3)14-7-9-19(23)16(11-14)18-13-24-20-10-8-15(12-17(18)20)22(4,5)6/h7-13,23H,1-6H3. The van der Waals surface area contributed by atoms with E-state index in [1.165, 1.54) is 11.1 Å². The van der Waals surface area contributed by atoms with Crippen LogP contribution in [0.15, 0.2) is 47.1 Å². The number of phenols is 1. The van der Waals surface area contributed by atoms with Crippen LogP contribution in [0.1, 0.15) is 52.7 Å². The zero-order valence-corrected chi connectivity index (χ0v) is 15.4. The van der Waals surface area contributed by atoms with E-state index in [-0.39, 0.29) is 16.6 Å². The van der Waals surface area contributed by atoms with E-state index in [2.05, 4.69) is 59.7 Å². The lowest BCUT2D eigenvalue weighted by Crippen LogP contribution is -2.11. The van der Waals surface area contributed by atoms with Gasteiger partial charge in [0.1, 0.15) is 11.3 Å². The van der Waals surface area contributed by atoms with Gasteiger partial charge in [-0.25, -0.2) is 0 Å². The van der Waals surface area contributed by atoms with Gasteiger partial charge in [-0.05, 0) is 46.2 Å². The molecule has 24 heavy (non-hydrogen) atoms. The number of hydrogen-bond donors (Lipinski definition) is 1. The summed E-state index contributed by atoms with van der Waals surface area (Å²) in [6.07, 6.45) is 1.75. The maximum atomic E-state index is 10.4. The van der Waals surface area contributed by atoms with E-state index in [9.17, 15) is 5.11 Å². The highest BCUT2D eigenvalue weighted by atomic mass is 16.3.